The predicted octanol–water partition coefficient (Wildman–Crippen LogP) is 2.02. The maximum Gasteiger partial charge on any atom is 0.406 e. The number of likely N-dealkylation sites (tertiary alicyclic amines) is 1. The molecule has 0 radical (unpaired) electrons. The van der Waals surface area contributed by atoms with Crippen LogP contribution in [0.1, 0.15) is 39.0 Å². The lowest BCUT2D eigenvalue weighted by atomic mass is 9.91. The molecule has 0 bridgehead atoms. The van der Waals surface area contributed by atoms with Crippen LogP contribution in [0.3, 0.4) is 0 Å². The van der Waals surface area contributed by atoms with Gasteiger partial charge in [0.25, 0.3) is 0 Å². The van der Waals surface area contributed by atoms with Gasteiger partial charge in [-0.3, -0.25) is 9.69 Å². The average molecular weight is 322 g/mol. The number of alkyl halides is 3. The normalized spacial score (nSPS) is 33.8. The number of aliphatic hydroxyl groups excluding tert-OH is 1. The highest BCUT2D eigenvalue weighted by Gasteiger charge is 2.47. The van der Waals surface area contributed by atoms with Crippen LogP contribution in [-0.2, 0) is 4.79 Å². The molecule has 128 valence electrons. The van der Waals surface area contributed by atoms with Gasteiger partial charge in [-0.05, 0) is 45.1 Å². The lowest BCUT2D eigenvalue weighted by molar-refractivity contribution is -0.169. The van der Waals surface area contributed by atoms with Crippen molar-refractivity contribution in [2.45, 2.75) is 56.8 Å². The molecule has 0 spiro atoms. The van der Waals surface area contributed by atoms with E-state index in [1.165, 1.54) is 0 Å². The molecule has 22 heavy (non-hydrogen) atoms. The van der Waals surface area contributed by atoms with E-state index in [0.29, 0.717) is 18.8 Å². The average Bonchev–Trinajstić information content (AvgIpc) is 2.82. The first kappa shape index (κ1) is 17.5. The Kier molecular flexibility index (Phi) is 5.06. The molecule has 1 saturated carbocycles. The van der Waals surface area contributed by atoms with E-state index in [-0.39, 0.29) is 13.2 Å². The molecule has 0 aromatic rings. The third kappa shape index (κ3) is 3.56. The molecule has 0 unspecified atom stereocenters. The molecule has 0 aromatic heterocycles. The fourth-order valence-corrected chi connectivity index (χ4v) is 3.93. The van der Waals surface area contributed by atoms with Gasteiger partial charge in [0.2, 0.25) is 5.91 Å². The van der Waals surface area contributed by atoms with Gasteiger partial charge in [0.1, 0.15) is 6.54 Å². The predicted molar refractivity (Wildman–Crippen MR) is 76.3 cm³/mol. The van der Waals surface area contributed by atoms with E-state index < -0.39 is 30.2 Å². The Balaban J connectivity index is 2.11. The van der Waals surface area contributed by atoms with Crippen molar-refractivity contribution in [3.8, 4) is 0 Å². The molecule has 1 aliphatic carbocycles. The second-order valence-electron chi connectivity index (χ2n) is 6.87. The summed E-state index contributed by atoms with van der Waals surface area (Å²) in [6.45, 7) is 1.02. The van der Waals surface area contributed by atoms with Crippen LogP contribution < -0.4 is 0 Å². The number of piperidine rings is 1. The first-order valence-electron chi connectivity index (χ1n) is 7.88. The topological polar surface area (TPSA) is 43.8 Å². The second kappa shape index (κ2) is 6.35. The molecule has 1 amide bonds. The lowest BCUT2D eigenvalue weighted by Crippen LogP contribution is -2.60. The summed E-state index contributed by atoms with van der Waals surface area (Å²) in [6, 6.07) is -0.562. The molecular weight excluding hydrogens is 297 g/mol. The number of carbonyl (C=O) groups is 1. The maximum atomic E-state index is 12.6. The number of halogens is 3. The quantitative estimate of drug-likeness (QED) is 0.861. The van der Waals surface area contributed by atoms with Crippen LogP contribution >= 0.6 is 0 Å². The van der Waals surface area contributed by atoms with Crippen LogP contribution in [0.4, 0.5) is 13.2 Å². The molecule has 1 saturated heterocycles. The van der Waals surface area contributed by atoms with E-state index in [0.717, 1.165) is 24.2 Å². The highest BCUT2D eigenvalue weighted by Crippen LogP contribution is 2.40. The molecule has 7 heteroatoms. The fourth-order valence-electron chi connectivity index (χ4n) is 3.93. The molecule has 1 heterocycles. The molecule has 2 fully saturated rings. The molecule has 4 nitrogen and oxygen atoms in total. The van der Waals surface area contributed by atoms with Gasteiger partial charge in [0.15, 0.2) is 0 Å². The van der Waals surface area contributed by atoms with Gasteiger partial charge in [0.05, 0.1) is 12.6 Å². The minimum atomic E-state index is -4.37. The number of hydrogen-bond acceptors (Lipinski definition) is 3. The summed E-state index contributed by atoms with van der Waals surface area (Å²) in [4.78, 5) is 15.2. The minimum absolute atomic E-state index is 0.0586. The van der Waals surface area contributed by atoms with Gasteiger partial charge >= 0.3 is 6.18 Å². The van der Waals surface area contributed by atoms with Crippen molar-refractivity contribution in [2.75, 3.05) is 26.7 Å². The van der Waals surface area contributed by atoms with E-state index in [2.05, 4.69) is 6.92 Å². The van der Waals surface area contributed by atoms with Gasteiger partial charge in [0, 0.05) is 12.1 Å². The van der Waals surface area contributed by atoms with Crippen LogP contribution in [0.15, 0.2) is 0 Å². The van der Waals surface area contributed by atoms with Crippen molar-refractivity contribution >= 4 is 5.91 Å². The highest BCUT2D eigenvalue weighted by atomic mass is 19.4. The minimum Gasteiger partial charge on any atom is -0.394 e. The molecule has 2 rings (SSSR count). The number of hydrogen-bond donors (Lipinski definition) is 1. The van der Waals surface area contributed by atoms with Crippen LogP contribution in [-0.4, -0.2) is 65.3 Å². The molecule has 1 N–H and O–H groups in total. The largest absolute Gasteiger partial charge is 0.406 e. The SMILES string of the molecule is C[C@@H]1CC[C@](CO)(N(C)[C@@H]2CCCN(CC(F)(F)F)C2=O)C1. The zero-order valence-corrected chi connectivity index (χ0v) is 13.2. The monoisotopic (exact) mass is 322 g/mol. The van der Waals surface area contributed by atoms with E-state index in [4.69, 9.17) is 0 Å². The van der Waals surface area contributed by atoms with Gasteiger partial charge in [-0.1, -0.05) is 6.92 Å². The molecule has 2 aliphatic rings. The number of carbonyl (C=O) groups excluding carboxylic acids is 1. The Labute approximate surface area is 129 Å². The van der Waals surface area contributed by atoms with Crippen LogP contribution in [0, 0.1) is 5.92 Å². The van der Waals surface area contributed by atoms with Crippen molar-refractivity contribution in [3.05, 3.63) is 0 Å². The summed E-state index contributed by atoms with van der Waals surface area (Å²) >= 11 is 0. The number of amides is 1. The summed E-state index contributed by atoms with van der Waals surface area (Å²) in [5.74, 6) is -0.00183. The first-order chi connectivity index (χ1) is 10.2. The molecule has 3 atom stereocenters. The Morgan fingerprint density at radius 1 is 1.41 bits per heavy atom. The summed E-state index contributed by atoms with van der Waals surface area (Å²) in [5.41, 5.74) is -0.471. The van der Waals surface area contributed by atoms with Crippen molar-refractivity contribution in [1.29, 1.82) is 0 Å². The molecular formula is C15H25F3N2O2. The van der Waals surface area contributed by atoms with Crippen molar-refractivity contribution in [3.63, 3.8) is 0 Å². The third-order valence-corrected chi connectivity index (χ3v) is 5.21. The summed E-state index contributed by atoms with van der Waals surface area (Å²) in [7, 11) is 1.77. The van der Waals surface area contributed by atoms with E-state index >= 15 is 0 Å². The van der Waals surface area contributed by atoms with Crippen molar-refractivity contribution < 1.29 is 23.1 Å². The van der Waals surface area contributed by atoms with Gasteiger partial charge in [-0.15, -0.1) is 0 Å². The van der Waals surface area contributed by atoms with Gasteiger partial charge in [-0.25, -0.2) is 0 Å². The van der Waals surface area contributed by atoms with Crippen LogP contribution in [0.5, 0.6) is 0 Å². The molecule has 1 aliphatic heterocycles. The first-order valence-corrected chi connectivity index (χ1v) is 7.88. The fraction of sp³-hybridized carbons (Fsp3) is 0.933. The van der Waals surface area contributed by atoms with Gasteiger partial charge in [-0.2, -0.15) is 13.2 Å². The van der Waals surface area contributed by atoms with Gasteiger partial charge < -0.3 is 10.0 Å². The van der Waals surface area contributed by atoms with Crippen LogP contribution in [0.25, 0.3) is 0 Å². The Morgan fingerprint density at radius 2 is 2.09 bits per heavy atom. The van der Waals surface area contributed by atoms with E-state index in [1.54, 1.807) is 7.05 Å². The smallest absolute Gasteiger partial charge is 0.394 e. The Bertz CT molecular complexity index is 416. The maximum absolute atomic E-state index is 12.6. The highest BCUT2D eigenvalue weighted by molar-refractivity contribution is 5.82. The Hall–Kier alpha value is -0.820. The van der Waals surface area contributed by atoms with E-state index in [9.17, 15) is 23.1 Å². The lowest BCUT2D eigenvalue weighted by Gasteiger charge is -2.45. The number of rotatable bonds is 4. The number of aliphatic hydroxyl groups is 1. The summed E-state index contributed by atoms with van der Waals surface area (Å²) < 4.78 is 37.8. The van der Waals surface area contributed by atoms with E-state index in [1.807, 2.05) is 4.90 Å². The number of likely N-dealkylation sites (N-methyl/N-ethyl adjacent to an activating group) is 1. The zero-order chi connectivity index (χ0) is 16.5. The standard InChI is InChI=1S/C15H25F3N2O2/c1-11-5-6-14(8-11,10-21)19(2)12-4-3-7-20(13(12)22)9-15(16,17)18/h11-12,21H,3-10H2,1-2H3/t11-,12-,14+/m1/s1. The van der Waals surface area contributed by atoms with Crippen molar-refractivity contribution in [1.82, 2.24) is 9.80 Å². The summed E-state index contributed by atoms with van der Waals surface area (Å²) in [6.07, 6.45) is -0.717. The summed E-state index contributed by atoms with van der Waals surface area (Å²) in [5, 5.41) is 9.83. The molecule has 0 aromatic carbocycles. The second-order valence-corrected chi connectivity index (χ2v) is 6.87. The third-order valence-electron chi connectivity index (χ3n) is 5.21. The Morgan fingerprint density at radius 3 is 2.59 bits per heavy atom. The number of nitrogens with zero attached hydrogens (tertiary/aromatic N) is 2. The zero-order valence-electron chi connectivity index (χ0n) is 13.2. The van der Waals surface area contributed by atoms with Crippen LogP contribution in [0.2, 0.25) is 0 Å². The van der Waals surface area contributed by atoms with Crippen molar-refractivity contribution in [2.24, 2.45) is 5.92 Å².